The minimum absolute atomic E-state index is 0.161. The Bertz CT molecular complexity index is 826. The molecule has 162 valence electrons. The van der Waals surface area contributed by atoms with Crippen molar-refractivity contribution < 1.29 is 19.1 Å². The van der Waals surface area contributed by atoms with E-state index in [9.17, 15) is 9.59 Å². The first-order valence-electron chi connectivity index (χ1n) is 9.97. The maximum Gasteiger partial charge on any atom is 0.408 e. The van der Waals surface area contributed by atoms with Crippen LogP contribution >= 0.6 is 11.8 Å². The van der Waals surface area contributed by atoms with Gasteiger partial charge in [-0.05, 0) is 45.7 Å². The number of ether oxygens (including phenoxy) is 2. The molecule has 2 aromatic rings. The van der Waals surface area contributed by atoms with E-state index in [4.69, 9.17) is 9.47 Å². The molecule has 0 unspecified atom stereocenters. The van der Waals surface area contributed by atoms with E-state index >= 15 is 0 Å². The highest BCUT2D eigenvalue weighted by atomic mass is 32.2. The molecule has 0 bridgehead atoms. The molecule has 0 aliphatic carbocycles. The molecule has 0 saturated heterocycles. The van der Waals surface area contributed by atoms with Gasteiger partial charge in [0.2, 0.25) is 0 Å². The van der Waals surface area contributed by atoms with Crippen molar-refractivity contribution in [3.05, 3.63) is 70.8 Å². The average molecular weight is 430 g/mol. The number of carbonyl (C=O) groups excluding carboxylic acids is 2. The summed E-state index contributed by atoms with van der Waals surface area (Å²) >= 11 is 1.56. The van der Waals surface area contributed by atoms with Gasteiger partial charge in [-0.2, -0.15) is 11.8 Å². The zero-order chi connectivity index (χ0) is 22.1. The van der Waals surface area contributed by atoms with Gasteiger partial charge in [-0.1, -0.05) is 59.7 Å². The molecule has 1 N–H and O–H groups in total. The molecular formula is C24H31NO4S. The summed E-state index contributed by atoms with van der Waals surface area (Å²) in [6, 6.07) is 15.2. The highest BCUT2D eigenvalue weighted by Crippen LogP contribution is 2.16. The van der Waals surface area contributed by atoms with Crippen LogP contribution < -0.4 is 5.32 Å². The number of alkyl carbamates (subject to hydrolysis) is 1. The Kier molecular flexibility index (Phi) is 8.78. The first-order chi connectivity index (χ1) is 14.1. The van der Waals surface area contributed by atoms with Gasteiger partial charge >= 0.3 is 12.1 Å². The lowest BCUT2D eigenvalue weighted by atomic mass is 10.2. The van der Waals surface area contributed by atoms with Gasteiger partial charge in [-0.15, -0.1) is 0 Å². The predicted octanol–water partition coefficient (Wildman–Crippen LogP) is 5.17. The number of thioether (sulfide) groups is 1. The number of nitrogens with one attached hydrogen (secondary N) is 1. The standard InChI is InChI=1S/C24H31NO4S/c1-17-6-10-19(11-7-17)14-28-22(26)21(25-23(27)29-24(3,4)5)16-30-15-20-12-8-18(2)9-13-20/h6-13,21H,14-16H2,1-5H3,(H,25,27)/t21-/m0/s1. The van der Waals surface area contributed by atoms with Crippen molar-refractivity contribution in [2.75, 3.05) is 5.75 Å². The second kappa shape index (κ2) is 11.1. The summed E-state index contributed by atoms with van der Waals surface area (Å²) in [5, 5.41) is 2.66. The highest BCUT2D eigenvalue weighted by Gasteiger charge is 2.25. The molecule has 30 heavy (non-hydrogen) atoms. The van der Waals surface area contributed by atoms with Crippen LogP contribution in [0.5, 0.6) is 0 Å². The van der Waals surface area contributed by atoms with Crippen LogP contribution in [0.4, 0.5) is 4.79 Å². The number of rotatable bonds is 8. The lowest BCUT2D eigenvalue weighted by molar-refractivity contribution is -0.146. The van der Waals surface area contributed by atoms with Crippen molar-refractivity contribution in [1.82, 2.24) is 5.32 Å². The molecule has 0 heterocycles. The fourth-order valence-corrected chi connectivity index (χ4v) is 3.54. The van der Waals surface area contributed by atoms with E-state index in [0.717, 1.165) is 22.4 Å². The third kappa shape index (κ3) is 8.91. The van der Waals surface area contributed by atoms with Gasteiger partial charge in [0.05, 0.1) is 0 Å². The quantitative estimate of drug-likeness (QED) is 0.586. The minimum Gasteiger partial charge on any atom is -0.459 e. The topological polar surface area (TPSA) is 64.6 Å². The number of amides is 1. The molecule has 0 aliphatic rings. The number of hydrogen-bond acceptors (Lipinski definition) is 5. The van der Waals surface area contributed by atoms with E-state index < -0.39 is 23.7 Å². The molecular weight excluding hydrogens is 398 g/mol. The second-order valence-electron chi connectivity index (χ2n) is 8.29. The van der Waals surface area contributed by atoms with Gasteiger partial charge in [0.25, 0.3) is 0 Å². The Balaban J connectivity index is 1.95. The first-order valence-corrected chi connectivity index (χ1v) is 11.1. The Hall–Kier alpha value is -2.47. The van der Waals surface area contributed by atoms with Gasteiger partial charge < -0.3 is 14.8 Å². The fraction of sp³-hybridized carbons (Fsp3) is 0.417. The van der Waals surface area contributed by atoms with E-state index in [1.165, 1.54) is 5.56 Å². The van der Waals surface area contributed by atoms with Crippen molar-refractivity contribution in [2.45, 2.75) is 58.6 Å². The number of benzene rings is 2. The normalized spacial score (nSPS) is 12.2. The third-order valence-electron chi connectivity index (χ3n) is 4.15. The Morgan fingerprint density at radius 1 is 0.933 bits per heavy atom. The van der Waals surface area contributed by atoms with Gasteiger partial charge in [0.1, 0.15) is 18.2 Å². The smallest absolute Gasteiger partial charge is 0.408 e. The van der Waals surface area contributed by atoms with Crippen LogP contribution in [0.25, 0.3) is 0 Å². The molecule has 0 fully saturated rings. The fourth-order valence-electron chi connectivity index (χ4n) is 2.54. The van der Waals surface area contributed by atoms with Gasteiger partial charge in [0.15, 0.2) is 0 Å². The van der Waals surface area contributed by atoms with Crippen molar-refractivity contribution in [1.29, 1.82) is 0 Å². The molecule has 0 aliphatic heterocycles. The van der Waals surface area contributed by atoms with Crippen LogP contribution in [0.2, 0.25) is 0 Å². The number of aryl methyl sites for hydroxylation is 2. The Morgan fingerprint density at radius 2 is 1.47 bits per heavy atom. The van der Waals surface area contributed by atoms with Crippen LogP contribution in [0.1, 0.15) is 43.0 Å². The van der Waals surface area contributed by atoms with Gasteiger partial charge in [0, 0.05) is 11.5 Å². The predicted molar refractivity (Wildman–Crippen MR) is 121 cm³/mol. The van der Waals surface area contributed by atoms with Crippen molar-refractivity contribution in [3.8, 4) is 0 Å². The number of carbonyl (C=O) groups is 2. The lowest BCUT2D eigenvalue weighted by Crippen LogP contribution is -2.45. The molecule has 0 radical (unpaired) electrons. The van der Waals surface area contributed by atoms with E-state index in [1.54, 1.807) is 32.5 Å². The molecule has 5 nitrogen and oxygen atoms in total. The summed E-state index contributed by atoms with van der Waals surface area (Å²) in [7, 11) is 0. The van der Waals surface area contributed by atoms with Gasteiger partial charge in [-0.25, -0.2) is 9.59 Å². The SMILES string of the molecule is Cc1ccc(COC(=O)[C@H](CSCc2ccc(C)cc2)NC(=O)OC(C)(C)C)cc1. The monoisotopic (exact) mass is 429 g/mol. The van der Waals surface area contributed by atoms with Crippen molar-refractivity contribution in [3.63, 3.8) is 0 Å². The summed E-state index contributed by atoms with van der Waals surface area (Å²) in [4.78, 5) is 24.9. The number of esters is 1. The molecule has 0 saturated carbocycles. The van der Waals surface area contributed by atoms with Crippen LogP contribution in [0.15, 0.2) is 48.5 Å². The van der Waals surface area contributed by atoms with E-state index in [-0.39, 0.29) is 6.61 Å². The highest BCUT2D eigenvalue weighted by molar-refractivity contribution is 7.98. The maximum absolute atomic E-state index is 12.7. The van der Waals surface area contributed by atoms with E-state index in [0.29, 0.717) is 5.75 Å². The summed E-state index contributed by atoms with van der Waals surface area (Å²) in [6.07, 6.45) is -0.629. The molecule has 2 rings (SSSR count). The largest absolute Gasteiger partial charge is 0.459 e. The summed E-state index contributed by atoms with van der Waals surface area (Å²) in [6.45, 7) is 9.55. The summed E-state index contributed by atoms with van der Waals surface area (Å²) in [5.74, 6) is 0.649. The first kappa shape index (κ1) is 23.8. The molecule has 0 aromatic heterocycles. The van der Waals surface area contributed by atoms with Crippen LogP contribution in [0, 0.1) is 13.8 Å². The molecule has 2 aromatic carbocycles. The zero-order valence-corrected chi connectivity index (χ0v) is 19.2. The number of hydrogen-bond donors (Lipinski definition) is 1. The summed E-state index contributed by atoms with van der Waals surface area (Å²) in [5.41, 5.74) is 3.76. The van der Waals surface area contributed by atoms with Crippen LogP contribution in [0.3, 0.4) is 0 Å². The average Bonchev–Trinajstić information content (AvgIpc) is 2.66. The summed E-state index contributed by atoms with van der Waals surface area (Å²) < 4.78 is 10.8. The lowest BCUT2D eigenvalue weighted by Gasteiger charge is -2.23. The Labute approximate surface area is 183 Å². The van der Waals surface area contributed by atoms with Crippen molar-refractivity contribution in [2.24, 2.45) is 0 Å². The minimum atomic E-state index is -0.791. The van der Waals surface area contributed by atoms with Crippen LogP contribution in [-0.2, 0) is 26.6 Å². The second-order valence-corrected chi connectivity index (χ2v) is 9.32. The van der Waals surface area contributed by atoms with Crippen LogP contribution in [-0.4, -0.2) is 29.5 Å². The molecule has 1 amide bonds. The molecule has 6 heteroatoms. The Morgan fingerprint density at radius 3 is 2.00 bits per heavy atom. The maximum atomic E-state index is 12.7. The van der Waals surface area contributed by atoms with E-state index in [2.05, 4.69) is 29.6 Å². The zero-order valence-electron chi connectivity index (χ0n) is 18.4. The van der Waals surface area contributed by atoms with E-state index in [1.807, 2.05) is 38.1 Å². The molecule has 0 spiro atoms. The van der Waals surface area contributed by atoms with Crippen molar-refractivity contribution >= 4 is 23.8 Å². The van der Waals surface area contributed by atoms with Gasteiger partial charge in [-0.3, -0.25) is 0 Å². The molecule has 1 atom stereocenters. The third-order valence-corrected chi connectivity index (χ3v) is 5.26.